The molecule has 0 saturated carbocycles. The number of fused-ring (bicyclic) bond motifs is 2. The molecule has 0 spiro atoms. The summed E-state index contributed by atoms with van der Waals surface area (Å²) in [6, 6.07) is 17.6. The molecule has 2 aliphatic rings. The predicted octanol–water partition coefficient (Wildman–Crippen LogP) is 5.20. The standard InChI is InChI=1S/C25H25FN2OS/c26-20-9-10-24-23(17-20)25(22-8-2-1-5-19(22)18-29-24)28-14-12-27(13-15-28)11-3-6-21-7-4-16-30-21/h1-10,16-17,25H,11-15,18H2/b6-3+. The Morgan fingerprint density at radius 2 is 1.87 bits per heavy atom. The van der Waals surface area contributed by atoms with E-state index in [0.29, 0.717) is 6.61 Å². The van der Waals surface area contributed by atoms with Crippen molar-refractivity contribution in [3.05, 3.63) is 93.4 Å². The lowest BCUT2D eigenvalue weighted by Gasteiger charge is -2.39. The topological polar surface area (TPSA) is 15.7 Å². The molecule has 2 aliphatic heterocycles. The van der Waals surface area contributed by atoms with Crippen LogP contribution in [0.4, 0.5) is 4.39 Å². The summed E-state index contributed by atoms with van der Waals surface area (Å²) in [5, 5.41) is 2.10. The minimum absolute atomic E-state index is 0.0261. The van der Waals surface area contributed by atoms with Crippen molar-refractivity contribution >= 4 is 17.4 Å². The molecule has 154 valence electrons. The smallest absolute Gasteiger partial charge is 0.125 e. The van der Waals surface area contributed by atoms with Crippen molar-refractivity contribution in [1.82, 2.24) is 9.80 Å². The maximum Gasteiger partial charge on any atom is 0.125 e. The van der Waals surface area contributed by atoms with Gasteiger partial charge in [-0.25, -0.2) is 4.39 Å². The second-order valence-electron chi connectivity index (χ2n) is 7.83. The highest BCUT2D eigenvalue weighted by molar-refractivity contribution is 7.10. The molecule has 3 aromatic rings. The van der Waals surface area contributed by atoms with Crippen LogP contribution in [0.25, 0.3) is 6.08 Å². The molecule has 1 unspecified atom stereocenters. The van der Waals surface area contributed by atoms with Gasteiger partial charge >= 0.3 is 0 Å². The number of piperazine rings is 1. The van der Waals surface area contributed by atoms with E-state index in [1.165, 1.54) is 22.1 Å². The maximum atomic E-state index is 14.2. The number of hydrogen-bond acceptors (Lipinski definition) is 4. The Morgan fingerprint density at radius 3 is 2.70 bits per heavy atom. The van der Waals surface area contributed by atoms with Crippen molar-refractivity contribution in [2.45, 2.75) is 12.6 Å². The van der Waals surface area contributed by atoms with Gasteiger partial charge in [-0.2, -0.15) is 0 Å². The quantitative estimate of drug-likeness (QED) is 0.577. The van der Waals surface area contributed by atoms with Crippen LogP contribution in [-0.4, -0.2) is 42.5 Å². The van der Waals surface area contributed by atoms with Crippen LogP contribution in [-0.2, 0) is 6.61 Å². The molecule has 0 N–H and O–H groups in total. The number of rotatable bonds is 4. The summed E-state index contributed by atoms with van der Waals surface area (Å²) in [6.07, 6.45) is 4.45. The van der Waals surface area contributed by atoms with E-state index in [-0.39, 0.29) is 11.9 Å². The highest BCUT2D eigenvalue weighted by Gasteiger charge is 2.31. The molecule has 0 aliphatic carbocycles. The monoisotopic (exact) mass is 420 g/mol. The van der Waals surface area contributed by atoms with Gasteiger partial charge < -0.3 is 4.74 Å². The predicted molar refractivity (Wildman–Crippen MR) is 120 cm³/mol. The molecule has 1 fully saturated rings. The molecule has 1 saturated heterocycles. The molecule has 0 radical (unpaired) electrons. The highest BCUT2D eigenvalue weighted by atomic mass is 32.1. The molecule has 0 amide bonds. The van der Waals surface area contributed by atoms with Crippen LogP contribution in [0.3, 0.4) is 0 Å². The van der Waals surface area contributed by atoms with Crippen LogP contribution in [0.2, 0.25) is 0 Å². The summed E-state index contributed by atoms with van der Waals surface area (Å²) in [5.74, 6) is 0.581. The number of benzene rings is 2. The summed E-state index contributed by atoms with van der Waals surface area (Å²) >= 11 is 1.76. The summed E-state index contributed by atoms with van der Waals surface area (Å²) in [6.45, 7) is 5.38. The number of ether oxygens (including phenoxy) is 1. The molecular formula is C25H25FN2OS. The van der Waals surface area contributed by atoms with E-state index in [2.05, 4.69) is 57.7 Å². The Hall–Kier alpha value is -2.47. The molecule has 1 atom stereocenters. The summed E-state index contributed by atoms with van der Waals surface area (Å²) in [7, 11) is 0. The van der Waals surface area contributed by atoms with Gasteiger partial charge in [0.15, 0.2) is 0 Å². The second kappa shape index (κ2) is 8.72. The van der Waals surface area contributed by atoms with Crippen molar-refractivity contribution in [3.63, 3.8) is 0 Å². The van der Waals surface area contributed by atoms with Crippen LogP contribution >= 0.6 is 11.3 Å². The van der Waals surface area contributed by atoms with E-state index in [0.717, 1.165) is 44.0 Å². The van der Waals surface area contributed by atoms with E-state index < -0.39 is 0 Å². The van der Waals surface area contributed by atoms with E-state index >= 15 is 0 Å². The van der Waals surface area contributed by atoms with Crippen molar-refractivity contribution in [2.24, 2.45) is 0 Å². The fourth-order valence-corrected chi connectivity index (χ4v) is 5.07. The Kier molecular flexibility index (Phi) is 5.67. The number of thiophene rings is 1. The number of halogens is 1. The van der Waals surface area contributed by atoms with E-state index in [4.69, 9.17) is 4.74 Å². The van der Waals surface area contributed by atoms with Gasteiger partial charge in [-0.05, 0) is 46.8 Å². The zero-order valence-electron chi connectivity index (χ0n) is 16.8. The first kappa shape index (κ1) is 19.5. The van der Waals surface area contributed by atoms with Crippen molar-refractivity contribution in [2.75, 3.05) is 32.7 Å². The molecule has 1 aromatic heterocycles. The van der Waals surface area contributed by atoms with Crippen LogP contribution < -0.4 is 4.74 Å². The first-order valence-electron chi connectivity index (χ1n) is 10.4. The Balaban J connectivity index is 1.35. The summed E-state index contributed by atoms with van der Waals surface area (Å²) in [5.41, 5.74) is 3.35. The van der Waals surface area contributed by atoms with Gasteiger partial charge in [0.2, 0.25) is 0 Å². The fourth-order valence-electron chi connectivity index (χ4n) is 4.42. The third-order valence-corrected chi connectivity index (χ3v) is 6.80. The average molecular weight is 421 g/mol. The Labute approximate surface area is 181 Å². The van der Waals surface area contributed by atoms with Crippen molar-refractivity contribution in [3.8, 4) is 5.75 Å². The number of hydrogen-bond donors (Lipinski definition) is 0. The van der Waals surface area contributed by atoms with Crippen LogP contribution in [0.5, 0.6) is 5.75 Å². The first-order valence-corrected chi connectivity index (χ1v) is 11.3. The SMILES string of the molecule is Fc1ccc2c(c1)C(N1CCN(C/C=C/c3cccs3)CC1)c1ccccc1CO2. The minimum atomic E-state index is -0.209. The molecule has 0 bridgehead atoms. The largest absolute Gasteiger partial charge is 0.489 e. The molecule has 30 heavy (non-hydrogen) atoms. The van der Waals surface area contributed by atoms with Crippen molar-refractivity contribution < 1.29 is 9.13 Å². The minimum Gasteiger partial charge on any atom is -0.489 e. The van der Waals surface area contributed by atoms with Gasteiger partial charge in [0, 0.05) is 43.2 Å². The third kappa shape index (κ3) is 4.06. The van der Waals surface area contributed by atoms with Crippen LogP contribution in [0.1, 0.15) is 27.6 Å². The zero-order chi connectivity index (χ0) is 20.3. The first-order chi connectivity index (χ1) is 14.8. The van der Waals surface area contributed by atoms with Gasteiger partial charge in [-0.3, -0.25) is 9.80 Å². The lowest BCUT2D eigenvalue weighted by Crippen LogP contribution is -2.47. The third-order valence-electron chi connectivity index (χ3n) is 5.96. The fraction of sp³-hybridized carbons (Fsp3) is 0.280. The molecular weight excluding hydrogens is 395 g/mol. The lowest BCUT2D eigenvalue weighted by molar-refractivity contribution is 0.117. The second-order valence-corrected chi connectivity index (χ2v) is 8.81. The van der Waals surface area contributed by atoms with Gasteiger partial charge in [0.1, 0.15) is 18.2 Å². The van der Waals surface area contributed by atoms with Crippen LogP contribution in [0.15, 0.2) is 66.1 Å². The normalized spacial score (nSPS) is 19.8. The Morgan fingerprint density at radius 1 is 1.00 bits per heavy atom. The molecule has 2 aromatic carbocycles. The van der Waals surface area contributed by atoms with Crippen LogP contribution in [0, 0.1) is 5.82 Å². The number of nitrogens with zero attached hydrogens (tertiary/aromatic N) is 2. The Bertz CT molecular complexity index is 1030. The lowest BCUT2D eigenvalue weighted by atomic mass is 9.93. The molecule has 3 heterocycles. The molecule has 5 rings (SSSR count). The van der Waals surface area contributed by atoms with Crippen molar-refractivity contribution in [1.29, 1.82) is 0 Å². The van der Waals surface area contributed by atoms with Gasteiger partial charge in [-0.15, -0.1) is 11.3 Å². The van der Waals surface area contributed by atoms with Gasteiger partial charge in [0.25, 0.3) is 0 Å². The van der Waals surface area contributed by atoms with Gasteiger partial charge in [0.05, 0.1) is 6.04 Å². The van der Waals surface area contributed by atoms with E-state index in [1.807, 2.05) is 6.07 Å². The molecule has 5 heteroatoms. The molecule has 3 nitrogen and oxygen atoms in total. The summed E-state index contributed by atoms with van der Waals surface area (Å²) < 4.78 is 20.2. The van der Waals surface area contributed by atoms with Gasteiger partial charge in [-0.1, -0.05) is 36.4 Å². The summed E-state index contributed by atoms with van der Waals surface area (Å²) in [4.78, 5) is 6.25. The van der Waals surface area contributed by atoms with E-state index in [1.54, 1.807) is 23.5 Å². The van der Waals surface area contributed by atoms with E-state index in [9.17, 15) is 4.39 Å². The highest BCUT2D eigenvalue weighted by Crippen LogP contribution is 2.40. The maximum absolute atomic E-state index is 14.2. The average Bonchev–Trinajstić information content (AvgIpc) is 3.23. The zero-order valence-corrected chi connectivity index (χ0v) is 17.7.